The fourth-order valence-electron chi connectivity index (χ4n) is 4.53. The molecule has 6 heteroatoms. The van der Waals surface area contributed by atoms with Crippen molar-refractivity contribution < 1.29 is 0 Å². The molecule has 2 aromatic heterocycles. The topological polar surface area (TPSA) is 82.7 Å². The van der Waals surface area contributed by atoms with Crippen molar-refractivity contribution in [2.75, 3.05) is 25.0 Å². The van der Waals surface area contributed by atoms with Crippen LogP contribution in [-0.2, 0) is 7.05 Å². The molecule has 2 aliphatic rings. The van der Waals surface area contributed by atoms with Crippen LogP contribution in [0.5, 0.6) is 0 Å². The number of nitrogens with zero attached hydrogens (tertiary/aromatic N) is 3. The summed E-state index contributed by atoms with van der Waals surface area (Å²) in [4.78, 5) is 17.5. The molecule has 0 unspecified atom stereocenters. The van der Waals surface area contributed by atoms with Crippen LogP contribution in [-0.4, -0.2) is 29.2 Å². The molecule has 5 rings (SSSR count). The van der Waals surface area contributed by atoms with Gasteiger partial charge in [-0.05, 0) is 73.5 Å². The summed E-state index contributed by atoms with van der Waals surface area (Å²) in [6, 6.07) is 16.2. The molecule has 1 saturated carbocycles. The molecular formula is C26H27N5O. The van der Waals surface area contributed by atoms with E-state index in [4.69, 9.17) is 5.26 Å². The summed E-state index contributed by atoms with van der Waals surface area (Å²) in [5.41, 5.74) is 5.96. The number of rotatable bonds is 6. The van der Waals surface area contributed by atoms with Crippen molar-refractivity contribution in [3.05, 3.63) is 70.3 Å². The quantitative estimate of drug-likeness (QED) is 0.626. The van der Waals surface area contributed by atoms with Gasteiger partial charge >= 0.3 is 0 Å². The van der Waals surface area contributed by atoms with E-state index < -0.39 is 0 Å². The van der Waals surface area contributed by atoms with Crippen LogP contribution in [0.25, 0.3) is 22.4 Å². The molecule has 1 aliphatic heterocycles. The second-order valence-electron chi connectivity index (χ2n) is 8.86. The van der Waals surface area contributed by atoms with Crippen LogP contribution in [0.15, 0.2) is 53.5 Å². The summed E-state index contributed by atoms with van der Waals surface area (Å²) < 4.78 is 1.73. The molecule has 0 radical (unpaired) electrons. The highest BCUT2D eigenvalue weighted by molar-refractivity contribution is 5.83. The first-order valence-electron chi connectivity index (χ1n) is 11.3. The molecule has 0 spiro atoms. The first kappa shape index (κ1) is 20.5. The number of anilines is 1. The largest absolute Gasteiger partial charge is 0.380 e. The zero-order valence-electron chi connectivity index (χ0n) is 18.3. The maximum atomic E-state index is 13.3. The van der Waals surface area contributed by atoms with E-state index in [0.717, 1.165) is 48.4 Å². The maximum absolute atomic E-state index is 13.3. The Morgan fingerprint density at radius 3 is 2.56 bits per heavy atom. The Labute approximate surface area is 187 Å². The molecule has 6 nitrogen and oxygen atoms in total. The van der Waals surface area contributed by atoms with E-state index in [1.165, 1.54) is 18.4 Å². The SMILES string of the molecule is Cn1c(-c2ccc(C3CC3)cc2)c(-c2ccc(C#N)nc2)cc(NC[C@H]2CCNC2)c1=O. The third-order valence-electron chi connectivity index (χ3n) is 6.58. The fraction of sp³-hybridized carbons (Fsp3) is 0.346. The number of aromatic nitrogens is 2. The van der Waals surface area contributed by atoms with Gasteiger partial charge in [-0.1, -0.05) is 24.3 Å². The molecule has 1 atom stereocenters. The number of pyridine rings is 2. The van der Waals surface area contributed by atoms with Gasteiger partial charge < -0.3 is 15.2 Å². The summed E-state index contributed by atoms with van der Waals surface area (Å²) in [6.45, 7) is 2.77. The lowest BCUT2D eigenvalue weighted by atomic mass is 9.97. The van der Waals surface area contributed by atoms with E-state index in [-0.39, 0.29) is 5.56 Å². The number of benzene rings is 1. The second-order valence-corrected chi connectivity index (χ2v) is 8.86. The summed E-state index contributed by atoms with van der Waals surface area (Å²) in [6.07, 6.45) is 5.35. The normalized spacial score (nSPS) is 17.8. The van der Waals surface area contributed by atoms with Crippen molar-refractivity contribution in [3.8, 4) is 28.5 Å². The van der Waals surface area contributed by atoms with E-state index in [1.54, 1.807) is 16.8 Å². The number of hydrogen-bond acceptors (Lipinski definition) is 5. The van der Waals surface area contributed by atoms with Crippen LogP contribution in [0.2, 0.25) is 0 Å². The van der Waals surface area contributed by atoms with Crippen LogP contribution < -0.4 is 16.2 Å². The minimum absolute atomic E-state index is 0.0393. The standard InChI is InChI=1S/C26H27N5O/c1-31-25(20-6-4-19(5-7-20)18-2-3-18)23(21-8-9-22(13-27)29-16-21)12-24(26(31)32)30-15-17-10-11-28-14-17/h4-9,12,16-18,28,30H,2-3,10-11,14-15H2,1H3/t17-/m0/s1. The maximum Gasteiger partial charge on any atom is 0.274 e. The average Bonchev–Trinajstić information content (AvgIpc) is 3.55. The van der Waals surface area contributed by atoms with Crippen molar-refractivity contribution in [3.63, 3.8) is 0 Å². The lowest BCUT2D eigenvalue weighted by Crippen LogP contribution is -2.26. The van der Waals surface area contributed by atoms with E-state index >= 15 is 0 Å². The van der Waals surface area contributed by atoms with Gasteiger partial charge in [0.15, 0.2) is 0 Å². The van der Waals surface area contributed by atoms with Crippen LogP contribution in [0.3, 0.4) is 0 Å². The van der Waals surface area contributed by atoms with Crippen LogP contribution in [0, 0.1) is 17.2 Å². The van der Waals surface area contributed by atoms with E-state index in [0.29, 0.717) is 23.2 Å². The minimum atomic E-state index is -0.0393. The zero-order valence-corrected chi connectivity index (χ0v) is 18.3. The Hall–Kier alpha value is -3.43. The monoisotopic (exact) mass is 425 g/mol. The molecule has 1 saturated heterocycles. The third-order valence-corrected chi connectivity index (χ3v) is 6.58. The van der Waals surface area contributed by atoms with E-state index in [1.807, 2.05) is 19.2 Å². The van der Waals surface area contributed by atoms with Gasteiger partial charge in [0, 0.05) is 30.9 Å². The van der Waals surface area contributed by atoms with Crippen molar-refractivity contribution in [2.24, 2.45) is 13.0 Å². The minimum Gasteiger partial charge on any atom is -0.380 e. The molecule has 1 aromatic carbocycles. The first-order valence-corrected chi connectivity index (χ1v) is 11.3. The lowest BCUT2D eigenvalue weighted by Gasteiger charge is -2.19. The molecule has 0 amide bonds. The summed E-state index contributed by atoms with van der Waals surface area (Å²) >= 11 is 0. The highest BCUT2D eigenvalue weighted by Crippen LogP contribution is 2.41. The van der Waals surface area contributed by atoms with Gasteiger partial charge in [0.25, 0.3) is 5.56 Å². The molecule has 2 N–H and O–H groups in total. The van der Waals surface area contributed by atoms with Gasteiger partial charge in [0.1, 0.15) is 17.5 Å². The molecule has 0 bridgehead atoms. The van der Waals surface area contributed by atoms with Gasteiger partial charge in [-0.2, -0.15) is 5.26 Å². The fourth-order valence-corrected chi connectivity index (χ4v) is 4.53. The summed E-state index contributed by atoms with van der Waals surface area (Å²) in [7, 11) is 1.83. The predicted octanol–water partition coefficient (Wildman–Crippen LogP) is 3.88. The van der Waals surface area contributed by atoms with Gasteiger partial charge in [-0.3, -0.25) is 4.79 Å². The average molecular weight is 426 g/mol. The van der Waals surface area contributed by atoms with Gasteiger partial charge in [-0.15, -0.1) is 0 Å². The molecule has 3 heterocycles. The molecule has 2 fully saturated rings. The van der Waals surface area contributed by atoms with Crippen LogP contribution >= 0.6 is 0 Å². The number of nitrogens with one attached hydrogen (secondary N) is 2. The molecule has 32 heavy (non-hydrogen) atoms. The van der Waals surface area contributed by atoms with E-state index in [9.17, 15) is 4.79 Å². The number of hydrogen-bond donors (Lipinski definition) is 2. The Bertz CT molecular complexity index is 1210. The molecular weight excluding hydrogens is 398 g/mol. The molecule has 1 aliphatic carbocycles. The van der Waals surface area contributed by atoms with Crippen molar-refractivity contribution in [2.45, 2.75) is 25.2 Å². The van der Waals surface area contributed by atoms with Crippen LogP contribution in [0.1, 0.15) is 36.4 Å². The van der Waals surface area contributed by atoms with Gasteiger partial charge in [0.2, 0.25) is 0 Å². The Morgan fingerprint density at radius 1 is 1.16 bits per heavy atom. The predicted molar refractivity (Wildman–Crippen MR) is 127 cm³/mol. The Kier molecular flexibility index (Phi) is 5.50. The first-order chi connectivity index (χ1) is 15.6. The third kappa shape index (κ3) is 4.04. The van der Waals surface area contributed by atoms with Crippen LogP contribution in [0.4, 0.5) is 5.69 Å². The second kappa shape index (κ2) is 8.60. The highest BCUT2D eigenvalue weighted by Gasteiger charge is 2.24. The van der Waals surface area contributed by atoms with Crippen molar-refractivity contribution in [1.82, 2.24) is 14.9 Å². The Balaban J connectivity index is 1.58. The lowest BCUT2D eigenvalue weighted by molar-refractivity contribution is 0.614. The zero-order chi connectivity index (χ0) is 22.1. The van der Waals surface area contributed by atoms with Gasteiger partial charge in [-0.25, -0.2) is 4.98 Å². The molecule has 162 valence electrons. The molecule has 3 aromatic rings. The van der Waals surface area contributed by atoms with Crippen molar-refractivity contribution >= 4 is 5.69 Å². The van der Waals surface area contributed by atoms with Gasteiger partial charge in [0.05, 0.1) is 5.69 Å². The highest BCUT2D eigenvalue weighted by atomic mass is 16.1. The summed E-state index contributed by atoms with van der Waals surface area (Å²) in [5, 5.41) is 15.9. The Morgan fingerprint density at radius 2 is 1.94 bits per heavy atom. The van der Waals surface area contributed by atoms with E-state index in [2.05, 4.69) is 46.0 Å². The van der Waals surface area contributed by atoms with Crippen molar-refractivity contribution in [1.29, 1.82) is 5.26 Å². The smallest absolute Gasteiger partial charge is 0.274 e. The summed E-state index contributed by atoms with van der Waals surface area (Å²) in [5.74, 6) is 1.21. The number of nitriles is 1.